The van der Waals surface area contributed by atoms with Gasteiger partial charge in [-0.2, -0.15) is 0 Å². The van der Waals surface area contributed by atoms with Gasteiger partial charge >= 0.3 is 11.8 Å². The van der Waals surface area contributed by atoms with Gasteiger partial charge in [0, 0.05) is 30.1 Å². The van der Waals surface area contributed by atoms with Gasteiger partial charge in [-0.25, -0.2) is 9.59 Å². The number of aliphatic hydroxyl groups excluding tert-OH is 1. The molecule has 0 fully saturated rings. The van der Waals surface area contributed by atoms with Crippen LogP contribution in [-0.2, 0) is 19.4 Å². The van der Waals surface area contributed by atoms with E-state index in [1.54, 1.807) is 16.7 Å². The van der Waals surface area contributed by atoms with E-state index < -0.39 is 18.0 Å². The molecular weight excluding hydrogens is 638 g/mol. The zero-order valence-corrected chi connectivity index (χ0v) is 26.2. The van der Waals surface area contributed by atoms with E-state index in [0.29, 0.717) is 60.1 Å². The number of pyridine rings is 1. The number of aliphatic hydroxyl groups is 1. The average Bonchev–Trinajstić information content (AvgIpc) is 3.37. The summed E-state index contributed by atoms with van der Waals surface area (Å²) in [6, 6.07) is 27.0. The zero-order valence-electron chi connectivity index (χ0n) is 26.2. The predicted molar refractivity (Wildman–Crippen MR) is 185 cm³/mol. The highest BCUT2D eigenvalue weighted by atomic mass is 19.0. The number of aryl methyl sites for hydroxylation is 2. The number of phenolic OH excluding ortho intramolecular Hbond substituents is 1. The Morgan fingerprint density at radius 3 is 2.43 bits per heavy atom. The minimum atomic E-state index is -1.13. The molecule has 0 aliphatic rings. The van der Waals surface area contributed by atoms with Crippen LogP contribution in [0, 0.1) is 0 Å². The van der Waals surface area contributed by atoms with Gasteiger partial charge in [0.15, 0.2) is 5.58 Å². The van der Waals surface area contributed by atoms with Crippen molar-refractivity contribution < 1.29 is 33.9 Å². The molecule has 6 aromatic rings. The number of oxazole rings is 1. The number of hydrogen-bond acceptors (Lipinski definition) is 7. The number of amides is 1. The predicted octanol–water partition coefficient (Wildman–Crippen LogP) is 5.70. The van der Waals surface area contributed by atoms with Crippen molar-refractivity contribution in [2.75, 3.05) is 18.4 Å². The Morgan fingerprint density at radius 2 is 1.65 bits per heavy atom. The van der Waals surface area contributed by atoms with E-state index in [0.717, 1.165) is 22.3 Å². The lowest BCUT2D eigenvalue weighted by Gasteiger charge is -2.15. The van der Waals surface area contributed by atoms with Crippen molar-refractivity contribution in [1.29, 1.82) is 0 Å². The summed E-state index contributed by atoms with van der Waals surface area (Å²) in [7, 11) is 0. The summed E-state index contributed by atoms with van der Waals surface area (Å²) in [6.07, 6.45) is -0.0826. The number of anilines is 1. The van der Waals surface area contributed by atoms with Gasteiger partial charge < -0.3 is 30.0 Å². The van der Waals surface area contributed by atoms with Crippen LogP contribution >= 0.6 is 0 Å². The van der Waals surface area contributed by atoms with E-state index in [9.17, 15) is 29.7 Å². The lowest BCUT2D eigenvalue weighted by Crippen LogP contribution is -2.24. The number of rotatable bonds is 12. The smallest absolute Gasteiger partial charge is 0.419 e. The van der Waals surface area contributed by atoms with E-state index in [2.05, 4.69) is 15.6 Å². The molecule has 2 heterocycles. The van der Waals surface area contributed by atoms with E-state index >= 15 is 0 Å². The maximum Gasteiger partial charge on any atom is 0.419 e. The van der Waals surface area contributed by atoms with Crippen LogP contribution in [0.5, 0.6) is 5.75 Å². The van der Waals surface area contributed by atoms with Crippen LogP contribution in [0.15, 0.2) is 105 Å². The van der Waals surface area contributed by atoms with E-state index in [-0.39, 0.29) is 32.8 Å². The van der Waals surface area contributed by atoms with Gasteiger partial charge in [0.25, 0.3) is 0 Å². The molecule has 256 valence electrons. The number of aromatic nitrogens is 2. The van der Waals surface area contributed by atoms with Crippen molar-refractivity contribution in [3.05, 3.63) is 129 Å². The summed E-state index contributed by atoms with van der Waals surface area (Å²) in [5.41, 5.74) is 5.86. The van der Waals surface area contributed by atoms with Crippen LogP contribution in [0.1, 0.15) is 29.2 Å². The first-order valence-electron chi connectivity index (χ1n) is 15.3. The largest absolute Gasteiger partial charge is 0.506 e. The van der Waals surface area contributed by atoms with Crippen LogP contribution in [0.4, 0.5) is 19.9 Å². The summed E-state index contributed by atoms with van der Waals surface area (Å²) >= 11 is 0. The number of H-pyrrole nitrogens is 1. The molecule has 13 heteroatoms. The maximum atomic E-state index is 12.7. The summed E-state index contributed by atoms with van der Waals surface area (Å²) in [5.74, 6) is -0.496. The van der Waals surface area contributed by atoms with Gasteiger partial charge in [0.05, 0.1) is 22.8 Å². The van der Waals surface area contributed by atoms with E-state index in [4.69, 9.17) is 4.42 Å². The monoisotopic (exact) mass is 674 g/mol. The Hall–Kier alpha value is -5.79. The van der Waals surface area contributed by atoms with Crippen LogP contribution in [0.25, 0.3) is 33.1 Å². The Balaban J connectivity index is 0.00000270. The first-order chi connectivity index (χ1) is 22.8. The van der Waals surface area contributed by atoms with Crippen LogP contribution in [0.2, 0.25) is 0 Å². The fraction of sp³-hybridized carbons (Fsp3) is 0.194. The SMILES string of the molecule is F.F.O=C(O)Nc1cc(CCCn2c(=O)oc3cc(CCNC[C@@H](O)c4ccc(O)c5[nH]c(=O)ccc45)ccc32)ccc1-c1ccccc1. The minimum Gasteiger partial charge on any atom is -0.506 e. The third kappa shape index (κ3) is 8.20. The second kappa shape index (κ2) is 15.9. The number of aromatic hydroxyl groups is 1. The number of benzene rings is 4. The molecule has 0 spiro atoms. The standard InChI is InChI=1S/C36H34N4O7.2FH/c41-30-14-11-26(27-12-15-33(43)39-34(27)30)31(42)21-37-17-16-23-9-13-29-32(20-23)47-36(46)40(29)18-4-5-22-8-10-25(24-6-2-1-3-7-24)28(19-22)38-35(44)45;;/h1-3,6-15,19-20,31,37-38,41-42H,4-5,16-18,21H2,(H,39,43)(H,44,45);2*1H/t31-;;/m1../s1. The molecule has 0 unspecified atom stereocenters. The highest BCUT2D eigenvalue weighted by Gasteiger charge is 2.15. The molecule has 0 radical (unpaired) electrons. The lowest BCUT2D eigenvalue weighted by atomic mass is 9.99. The third-order valence-electron chi connectivity index (χ3n) is 8.18. The van der Waals surface area contributed by atoms with Crippen molar-refractivity contribution in [1.82, 2.24) is 14.9 Å². The van der Waals surface area contributed by atoms with E-state index in [1.165, 1.54) is 12.1 Å². The first-order valence-corrected chi connectivity index (χ1v) is 15.3. The molecule has 1 atom stereocenters. The number of fused-ring (bicyclic) bond motifs is 2. The van der Waals surface area contributed by atoms with E-state index in [1.807, 2.05) is 66.7 Å². The zero-order chi connectivity index (χ0) is 32.9. The number of halogens is 2. The average molecular weight is 675 g/mol. The van der Waals surface area contributed by atoms with Gasteiger partial charge in [0.1, 0.15) is 5.75 Å². The maximum absolute atomic E-state index is 12.7. The quantitative estimate of drug-likeness (QED) is 0.0898. The van der Waals surface area contributed by atoms with Crippen molar-refractivity contribution in [3.8, 4) is 16.9 Å². The fourth-order valence-electron chi connectivity index (χ4n) is 5.89. The van der Waals surface area contributed by atoms with Crippen LogP contribution in [-0.4, -0.2) is 44.1 Å². The Labute approximate surface area is 278 Å². The molecule has 0 saturated carbocycles. The lowest BCUT2D eigenvalue weighted by molar-refractivity contribution is 0.176. The summed E-state index contributed by atoms with van der Waals surface area (Å²) in [5, 5.41) is 36.6. The Bertz CT molecular complexity index is 2180. The van der Waals surface area contributed by atoms with Gasteiger partial charge in [-0.05, 0) is 78.4 Å². The van der Waals surface area contributed by atoms with Crippen LogP contribution < -0.4 is 21.9 Å². The molecule has 0 aliphatic heterocycles. The second-order valence-electron chi connectivity index (χ2n) is 11.4. The molecule has 11 nitrogen and oxygen atoms in total. The first kappa shape index (κ1) is 36.1. The van der Waals surface area contributed by atoms with Crippen molar-refractivity contribution in [3.63, 3.8) is 0 Å². The van der Waals surface area contributed by atoms with Gasteiger partial charge in [-0.15, -0.1) is 0 Å². The molecule has 0 saturated heterocycles. The molecule has 1 amide bonds. The number of carbonyl (C=O) groups is 1. The molecule has 0 aliphatic carbocycles. The summed E-state index contributed by atoms with van der Waals surface area (Å²) in [4.78, 5) is 38.4. The Morgan fingerprint density at radius 1 is 0.898 bits per heavy atom. The number of aromatic amines is 1. The third-order valence-corrected chi connectivity index (χ3v) is 8.18. The number of nitrogens with zero attached hydrogens (tertiary/aromatic N) is 1. The fourth-order valence-corrected chi connectivity index (χ4v) is 5.89. The van der Waals surface area contributed by atoms with Crippen molar-refractivity contribution in [2.45, 2.75) is 31.9 Å². The van der Waals surface area contributed by atoms with Crippen LogP contribution in [0.3, 0.4) is 0 Å². The normalized spacial score (nSPS) is 11.5. The molecule has 4 aromatic carbocycles. The number of carboxylic acid groups (broad SMARTS) is 1. The highest BCUT2D eigenvalue weighted by Crippen LogP contribution is 2.30. The molecule has 6 rings (SSSR count). The molecular formula is C36H36F2N4O7. The van der Waals surface area contributed by atoms with Crippen molar-refractivity contribution >= 4 is 33.8 Å². The van der Waals surface area contributed by atoms with Gasteiger partial charge in [0.2, 0.25) is 5.56 Å². The minimum absolute atomic E-state index is 0. The summed E-state index contributed by atoms with van der Waals surface area (Å²) < 4.78 is 7.17. The molecule has 6 N–H and O–H groups in total. The number of hydrogen-bond donors (Lipinski definition) is 6. The number of nitrogens with one attached hydrogen (secondary N) is 3. The number of phenols is 1. The molecule has 0 bridgehead atoms. The molecule has 49 heavy (non-hydrogen) atoms. The van der Waals surface area contributed by atoms with Gasteiger partial charge in [-0.1, -0.05) is 54.6 Å². The summed E-state index contributed by atoms with van der Waals surface area (Å²) in [6.45, 7) is 1.25. The van der Waals surface area contributed by atoms with Crippen molar-refractivity contribution in [2.24, 2.45) is 0 Å². The second-order valence-corrected chi connectivity index (χ2v) is 11.4. The molecule has 2 aromatic heterocycles. The topological polar surface area (TPSA) is 170 Å². The Kier molecular flexibility index (Phi) is 11.7. The van der Waals surface area contributed by atoms with Gasteiger partial charge in [-0.3, -0.25) is 24.1 Å². The highest BCUT2D eigenvalue weighted by molar-refractivity contribution is 5.91.